The van der Waals surface area contributed by atoms with E-state index in [-0.39, 0.29) is 29.7 Å². The highest BCUT2D eigenvalue weighted by Gasteiger charge is 2.41. The van der Waals surface area contributed by atoms with Crippen molar-refractivity contribution in [2.75, 3.05) is 25.0 Å². The summed E-state index contributed by atoms with van der Waals surface area (Å²) in [7, 11) is 0. The number of hydrogen-bond acceptors (Lipinski definition) is 8. The average Bonchev–Trinajstić information content (AvgIpc) is 3.27. The Labute approximate surface area is 210 Å². The topological polar surface area (TPSA) is 103 Å². The highest BCUT2D eigenvalue weighted by molar-refractivity contribution is 7.11. The average molecular weight is 521 g/mol. The van der Waals surface area contributed by atoms with Crippen molar-refractivity contribution in [3.63, 3.8) is 0 Å². The minimum atomic E-state index is -4.48. The fourth-order valence-corrected chi connectivity index (χ4v) is 5.91. The van der Waals surface area contributed by atoms with Gasteiger partial charge in [0.2, 0.25) is 5.91 Å². The summed E-state index contributed by atoms with van der Waals surface area (Å²) in [6.07, 6.45) is 1.71. The number of nitrogens with zero attached hydrogens (tertiary/aromatic N) is 4. The van der Waals surface area contributed by atoms with Gasteiger partial charge in [0.1, 0.15) is 17.7 Å². The Kier molecular flexibility index (Phi) is 6.60. The van der Waals surface area contributed by atoms with Gasteiger partial charge in [0, 0.05) is 30.7 Å². The lowest BCUT2D eigenvalue weighted by molar-refractivity contribution is -0.137. The van der Waals surface area contributed by atoms with E-state index in [4.69, 9.17) is 0 Å². The molecule has 12 heteroatoms. The number of carbonyl (C=O) groups is 1. The molecule has 5 rings (SSSR count). The predicted molar refractivity (Wildman–Crippen MR) is 130 cm³/mol. The zero-order valence-electron chi connectivity index (χ0n) is 19.7. The number of likely N-dealkylation sites (tertiary alicyclic amines) is 1. The number of aromatic nitrogens is 3. The van der Waals surface area contributed by atoms with E-state index in [1.165, 1.54) is 12.4 Å². The van der Waals surface area contributed by atoms with E-state index < -0.39 is 17.3 Å². The molecule has 1 saturated carbocycles. The molecule has 36 heavy (non-hydrogen) atoms. The Morgan fingerprint density at radius 1 is 1.22 bits per heavy atom. The van der Waals surface area contributed by atoms with Crippen LogP contribution in [0.4, 0.5) is 19.0 Å². The second kappa shape index (κ2) is 9.56. The Balaban J connectivity index is 1.09. The zero-order valence-corrected chi connectivity index (χ0v) is 20.5. The van der Waals surface area contributed by atoms with Crippen LogP contribution in [0.2, 0.25) is 0 Å². The van der Waals surface area contributed by atoms with Crippen LogP contribution in [-0.4, -0.2) is 62.6 Å². The van der Waals surface area contributed by atoms with Gasteiger partial charge >= 0.3 is 6.18 Å². The molecule has 3 heterocycles. The Morgan fingerprint density at radius 2 is 1.97 bits per heavy atom. The van der Waals surface area contributed by atoms with Crippen LogP contribution in [0, 0.1) is 6.92 Å². The number of alkyl halides is 3. The van der Waals surface area contributed by atoms with Crippen molar-refractivity contribution < 1.29 is 23.1 Å². The van der Waals surface area contributed by atoms with Gasteiger partial charge in [0.15, 0.2) is 0 Å². The lowest BCUT2D eigenvalue weighted by Crippen LogP contribution is -2.63. The molecule has 1 aromatic carbocycles. The van der Waals surface area contributed by atoms with Crippen LogP contribution < -0.4 is 10.6 Å². The first kappa shape index (κ1) is 24.8. The first-order chi connectivity index (χ1) is 17.1. The summed E-state index contributed by atoms with van der Waals surface area (Å²) in [5, 5.41) is 18.0. The SMILES string of the molecule is Cc1ncc(C2(O)CCC(N3CC(NC(=O)CNc4ncnc5ccc(C(F)(F)F)cc45)C3)CC2)s1. The maximum atomic E-state index is 13.1. The van der Waals surface area contributed by atoms with Crippen LogP contribution in [-0.2, 0) is 16.6 Å². The third kappa shape index (κ3) is 5.16. The van der Waals surface area contributed by atoms with Gasteiger partial charge in [-0.15, -0.1) is 11.3 Å². The number of thiazole rings is 1. The minimum absolute atomic E-state index is 0.0169. The van der Waals surface area contributed by atoms with E-state index in [2.05, 4.69) is 30.5 Å². The van der Waals surface area contributed by atoms with Gasteiger partial charge in [-0.25, -0.2) is 15.0 Å². The number of hydrogen-bond donors (Lipinski definition) is 3. The van der Waals surface area contributed by atoms with Crippen molar-refractivity contribution in [2.45, 2.75) is 56.5 Å². The van der Waals surface area contributed by atoms with E-state index in [1.54, 1.807) is 17.5 Å². The predicted octanol–water partition coefficient (Wildman–Crippen LogP) is 3.46. The molecule has 0 radical (unpaired) electrons. The summed E-state index contributed by atoms with van der Waals surface area (Å²) in [6, 6.07) is 3.64. The number of aliphatic hydroxyl groups is 1. The van der Waals surface area contributed by atoms with Gasteiger partial charge in [-0.1, -0.05) is 0 Å². The maximum Gasteiger partial charge on any atom is 0.416 e. The quantitative estimate of drug-likeness (QED) is 0.458. The first-order valence-electron chi connectivity index (χ1n) is 11.9. The van der Waals surface area contributed by atoms with Gasteiger partial charge in [0.25, 0.3) is 0 Å². The van der Waals surface area contributed by atoms with Crippen LogP contribution in [0.25, 0.3) is 10.9 Å². The lowest BCUT2D eigenvalue weighted by atomic mass is 9.80. The van der Waals surface area contributed by atoms with E-state index >= 15 is 0 Å². The molecule has 8 nitrogen and oxygen atoms in total. The normalized spacial score (nSPS) is 23.4. The van der Waals surface area contributed by atoms with Gasteiger partial charge < -0.3 is 15.7 Å². The number of rotatable bonds is 6. The molecule has 0 bridgehead atoms. The molecule has 1 saturated heterocycles. The van der Waals surface area contributed by atoms with E-state index in [0.717, 1.165) is 47.9 Å². The van der Waals surface area contributed by atoms with Gasteiger partial charge in [0.05, 0.1) is 33.6 Å². The van der Waals surface area contributed by atoms with Crippen LogP contribution in [0.1, 0.15) is 41.1 Å². The smallest absolute Gasteiger partial charge is 0.384 e. The van der Waals surface area contributed by atoms with Crippen LogP contribution >= 0.6 is 11.3 Å². The van der Waals surface area contributed by atoms with Gasteiger partial charge in [-0.3, -0.25) is 9.69 Å². The van der Waals surface area contributed by atoms with Crippen molar-refractivity contribution in [3.05, 3.63) is 46.2 Å². The minimum Gasteiger partial charge on any atom is -0.384 e. The summed E-state index contributed by atoms with van der Waals surface area (Å²) in [4.78, 5) is 28.0. The maximum absolute atomic E-state index is 13.1. The molecule has 2 aliphatic rings. The van der Waals surface area contributed by atoms with Crippen molar-refractivity contribution >= 4 is 34.0 Å². The summed E-state index contributed by atoms with van der Waals surface area (Å²) in [5.74, 6) is -0.0701. The number of anilines is 1. The summed E-state index contributed by atoms with van der Waals surface area (Å²) in [5.41, 5.74) is -1.23. The summed E-state index contributed by atoms with van der Waals surface area (Å²) in [6.45, 7) is 3.30. The molecule has 192 valence electrons. The molecule has 0 spiro atoms. The van der Waals surface area contributed by atoms with Gasteiger partial charge in [-0.2, -0.15) is 13.2 Å². The highest BCUT2D eigenvalue weighted by Crippen LogP contribution is 2.41. The van der Waals surface area contributed by atoms with Crippen molar-refractivity contribution in [1.82, 2.24) is 25.2 Å². The third-order valence-electron chi connectivity index (χ3n) is 7.03. The standard InChI is InChI=1S/C24H27F3N6O2S/c1-14-28-9-20(36-14)23(35)6-4-17(5-7-23)33-11-16(12-33)32-21(34)10-29-22-18-8-15(24(25,26)27)2-3-19(18)30-13-31-22/h2-3,8-9,13,16-17,35H,4-7,10-12H2,1H3,(H,32,34)(H,29,30,31). The molecule has 0 unspecified atom stereocenters. The van der Waals surface area contributed by atoms with Crippen LogP contribution in [0.3, 0.4) is 0 Å². The largest absolute Gasteiger partial charge is 0.416 e. The Hall–Kier alpha value is -2.83. The summed E-state index contributed by atoms with van der Waals surface area (Å²) >= 11 is 1.55. The number of carbonyl (C=O) groups excluding carboxylic acids is 1. The number of aryl methyl sites for hydroxylation is 1. The number of amides is 1. The van der Waals surface area contributed by atoms with E-state index in [9.17, 15) is 23.1 Å². The molecule has 3 N–H and O–H groups in total. The second-order valence-electron chi connectivity index (χ2n) is 9.53. The van der Waals surface area contributed by atoms with Crippen LogP contribution in [0.5, 0.6) is 0 Å². The highest BCUT2D eigenvalue weighted by atomic mass is 32.1. The number of halogens is 3. The second-order valence-corrected chi connectivity index (χ2v) is 10.8. The van der Waals surface area contributed by atoms with Crippen LogP contribution in [0.15, 0.2) is 30.7 Å². The molecule has 2 aromatic heterocycles. The molecule has 1 amide bonds. The molecule has 1 aliphatic carbocycles. The lowest BCUT2D eigenvalue weighted by Gasteiger charge is -2.48. The molecule has 2 fully saturated rings. The number of nitrogens with one attached hydrogen (secondary N) is 2. The molecule has 0 atom stereocenters. The van der Waals surface area contributed by atoms with Gasteiger partial charge in [-0.05, 0) is 50.8 Å². The number of fused-ring (bicyclic) bond motifs is 1. The Morgan fingerprint density at radius 3 is 2.64 bits per heavy atom. The Bertz CT molecular complexity index is 1250. The molecular weight excluding hydrogens is 493 g/mol. The molecule has 3 aromatic rings. The number of benzene rings is 1. The fourth-order valence-electron chi connectivity index (χ4n) is 4.99. The van der Waals surface area contributed by atoms with E-state index in [0.29, 0.717) is 24.4 Å². The summed E-state index contributed by atoms with van der Waals surface area (Å²) < 4.78 is 39.3. The fraction of sp³-hybridized carbons (Fsp3) is 0.500. The van der Waals surface area contributed by atoms with Crippen molar-refractivity contribution in [1.29, 1.82) is 0 Å². The monoisotopic (exact) mass is 520 g/mol. The zero-order chi connectivity index (χ0) is 25.5. The molecular formula is C24H27F3N6O2S. The first-order valence-corrected chi connectivity index (χ1v) is 12.7. The molecule has 1 aliphatic heterocycles. The van der Waals surface area contributed by atoms with E-state index in [1.807, 2.05) is 6.92 Å². The van der Waals surface area contributed by atoms with Crippen molar-refractivity contribution in [2.24, 2.45) is 0 Å². The third-order valence-corrected chi connectivity index (χ3v) is 8.14. The van der Waals surface area contributed by atoms with Crippen molar-refractivity contribution in [3.8, 4) is 0 Å².